The van der Waals surface area contributed by atoms with Gasteiger partial charge >= 0.3 is 5.97 Å². The highest BCUT2D eigenvalue weighted by Gasteiger charge is 2.38. The first kappa shape index (κ1) is 20.1. The van der Waals surface area contributed by atoms with Crippen molar-refractivity contribution in [2.45, 2.75) is 45.2 Å². The van der Waals surface area contributed by atoms with Crippen molar-refractivity contribution in [3.8, 4) is 5.75 Å². The highest BCUT2D eigenvalue weighted by molar-refractivity contribution is 5.88. The number of nitrogens with one attached hydrogen (secondary N) is 1. The number of benzene rings is 2. The fraction of sp³-hybridized carbons (Fsp3) is 0.440. The van der Waals surface area contributed by atoms with Crippen LogP contribution in [0.25, 0.3) is 10.9 Å². The Hall–Kier alpha value is -2.86. The number of piperidine rings is 1. The molecule has 2 aromatic carbocycles. The number of methoxy groups -OCH3 is 1. The smallest absolute Gasteiger partial charge is 0.335 e. The zero-order valence-corrected chi connectivity index (χ0v) is 18.1. The summed E-state index contributed by atoms with van der Waals surface area (Å²) in [6, 6.07) is 9.82. The van der Waals surface area contributed by atoms with E-state index in [2.05, 4.69) is 28.1 Å². The van der Waals surface area contributed by atoms with Crippen molar-refractivity contribution in [2.24, 2.45) is 11.8 Å². The molecule has 2 heterocycles. The monoisotopic (exact) mass is 419 g/mol. The minimum atomic E-state index is -0.880. The Morgan fingerprint density at radius 2 is 2.00 bits per heavy atom. The molecule has 6 nitrogen and oxygen atoms in total. The van der Waals surface area contributed by atoms with Crippen molar-refractivity contribution in [1.82, 2.24) is 15.1 Å². The number of aromatic nitrogens is 2. The van der Waals surface area contributed by atoms with Gasteiger partial charge in [0.1, 0.15) is 5.75 Å². The first-order valence-electron chi connectivity index (χ1n) is 11.1. The number of aromatic carboxylic acids is 1. The van der Waals surface area contributed by atoms with E-state index in [1.165, 1.54) is 24.8 Å². The molecule has 2 N–H and O–H groups in total. The van der Waals surface area contributed by atoms with E-state index in [0.717, 1.165) is 59.1 Å². The van der Waals surface area contributed by atoms with Crippen molar-refractivity contribution in [3.63, 3.8) is 0 Å². The lowest BCUT2D eigenvalue weighted by molar-refractivity contribution is 0.0696. The van der Waals surface area contributed by atoms with Gasteiger partial charge in [-0.2, -0.15) is 5.10 Å². The molecular formula is C25H29N3O3. The number of nitrogens with zero attached hydrogens (tertiary/aromatic N) is 2. The van der Waals surface area contributed by atoms with Gasteiger partial charge in [-0.3, -0.25) is 10.00 Å². The highest BCUT2D eigenvalue weighted by Crippen LogP contribution is 2.47. The van der Waals surface area contributed by atoms with Gasteiger partial charge in [-0.1, -0.05) is 12.1 Å². The molecule has 31 heavy (non-hydrogen) atoms. The Kier molecular flexibility index (Phi) is 5.18. The first-order chi connectivity index (χ1) is 15.0. The van der Waals surface area contributed by atoms with E-state index in [0.29, 0.717) is 5.56 Å². The molecular weight excluding hydrogens is 390 g/mol. The maximum Gasteiger partial charge on any atom is 0.335 e. The lowest BCUT2D eigenvalue weighted by Crippen LogP contribution is -2.37. The normalized spacial score (nSPS) is 22.0. The fourth-order valence-electron chi connectivity index (χ4n) is 5.27. The van der Waals surface area contributed by atoms with Crippen molar-refractivity contribution >= 4 is 16.9 Å². The number of ether oxygens (including phenoxy) is 1. The molecule has 1 unspecified atom stereocenters. The molecule has 2 fully saturated rings. The SMILES string of the molecule is COc1cc(C)c2[nH]ncc2c1CN1CCC(C2CC2)C[C@H]1c1ccc(C(=O)O)cc1. The molecule has 2 aliphatic rings. The number of H-pyrrole nitrogens is 1. The van der Waals surface area contributed by atoms with Gasteiger partial charge in [0, 0.05) is 23.5 Å². The van der Waals surface area contributed by atoms with Crippen LogP contribution >= 0.6 is 0 Å². The van der Waals surface area contributed by atoms with Crippen LogP contribution in [0.2, 0.25) is 0 Å². The number of carbonyl (C=O) groups is 1. The summed E-state index contributed by atoms with van der Waals surface area (Å²) in [7, 11) is 1.73. The van der Waals surface area contributed by atoms with Crippen LogP contribution in [0, 0.1) is 18.8 Å². The third-order valence-corrected chi connectivity index (χ3v) is 7.17. The second-order valence-electron chi connectivity index (χ2n) is 9.07. The fourth-order valence-corrected chi connectivity index (χ4v) is 5.27. The number of carboxylic acids is 1. The van der Waals surface area contributed by atoms with E-state index >= 15 is 0 Å². The second kappa shape index (κ2) is 8.00. The highest BCUT2D eigenvalue weighted by atomic mass is 16.5. The molecule has 1 aliphatic carbocycles. The van der Waals surface area contributed by atoms with E-state index in [9.17, 15) is 9.90 Å². The molecule has 1 aromatic heterocycles. The van der Waals surface area contributed by atoms with Crippen LogP contribution in [0.3, 0.4) is 0 Å². The van der Waals surface area contributed by atoms with Crippen LogP contribution in [0.4, 0.5) is 0 Å². The third-order valence-electron chi connectivity index (χ3n) is 7.17. The summed E-state index contributed by atoms with van der Waals surface area (Å²) in [4.78, 5) is 13.8. The van der Waals surface area contributed by atoms with Crippen LogP contribution in [0.15, 0.2) is 36.5 Å². The molecule has 0 spiro atoms. The summed E-state index contributed by atoms with van der Waals surface area (Å²) in [6.45, 7) is 3.88. The van der Waals surface area contributed by atoms with E-state index in [1.54, 1.807) is 19.2 Å². The van der Waals surface area contributed by atoms with Crippen molar-refractivity contribution in [3.05, 3.63) is 58.8 Å². The van der Waals surface area contributed by atoms with Gasteiger partial charge in [0.05, 0.1) is 24.4 Å². The summed E-state index contributed by atoms with van der Waals surface area (Å²) in [5.41, 5.74) is 4.89. The molecule has 162 valence electrons. The minimum absolute atomic E-state index is 0.273. The quantitative estimate of drug-likeness (QED) is 0.592. The third kappa shape index (κ3) is 3.81. The number of fused-ring (bicyclic) bond motifs is 1. The standard InChI is InChI=1S/C25H29N3O3/c1-15-11-23(31-2)21(20-13-26-27-24(15)20)14-28-10-9-19(16-3-4-16)12-22(28)17-5-7-18(8-6-17)25(29)30/h5-8,11,13,16,19,22H,3-4,9-10,12,14H2,1-2H3,(H,26,27)(H,29,30)/t19?,22-/m0/s1. The summed E-state index contributed by atoms with van der Waals surface area (Å²) >= 11 is 0. The Balaban J connectivity index is 1.49. The number of aryl methyl sites for hydroxylation is 1. The predicted octanol–water partition coefficient (Wildman–Crippen LogP) is 4.94. The van der Waals surface area contributed by atoms with Crippen LogP contribution in [-0.2, 0) is 6.54 Å². The van der Waals surface area contributed by atoms with E-state index in [1.807, 2.05) is 18.3 Å². The lowest BCUT2D eigenvalue weighted by atomic mass is 9.83. The molecule has 1 aliphatic heterocycles. The molecule has 0 radical (unpaired) electrons. The van der Waals surface area contributed by atoms with Crippen LogP contribution in [-0.4, -0.2) is 39.8 Å². The van der Waals surface area contributed by atoms with Crippen molar-refractivity contribution in [2.75, 3.05) is 13.7 Å². The van der Waals surface area contributed by atoms with E-state index in [4.69, 9.17) is 4.74 Å². The van der Waals surface area contributed by atoms with Gasteiger partial charge in [-0.15, -0.1) is 0 Å². The Morgan fingerprint density at radius 3 is 2.68 bits per heavy atom. The van der Waals surface area contributed by atoms with Crippen LogP contribution < -0.4 is 4.74 Å². The number of aromatic amines is 1. The van der Waals surface area contributed by atoms with Crippen molar-refractivity contribution in [1.29, 1.82) is 0 Å². The minimum Gasteiger partial charge on any atom is -0.496 e. The average Bonchev–Trinajstić information content (AvgIpc) is 3.51. The molecule has 3 aromatic rings. The van der Waals surface area contributed by atoms with Crippen LogP contribution in [0.5, 0.6) is 5.75 Å². The summed E-state index contributed by atoms with van der Waals surface area (Å²) in [5, 5.41) is 17.8. The molecule has 1 saturated heterocycles. The lowest BCUT2D eigenvalue weighted by Gasteiger charge is -2.40. The predicted molar refractivity (Wildman–Crippen MR) is 119 cm³/mol. The van der Waals surface area contributed by atoms with E-state index in [-0.39, 0.29) is 6.04 Å². The van der Waals surface area contributed by atoms with Gasteiger partial charge < -0.3 is 9.84 Å². The summed E-state index contributed by atoms with van der Waals surface area (Å²) in [5.74, 6) is 1.65. The van der Waals surface area contributed by atoms with Gasteiger partial charge in [0.2, 0.25) is 0 Å². The molecule has 1 saturated carbocycles. The number of likely N-dealkylation sites (tertiary alicyclic amines) is 1. The van der Waals surface area contributed by atoms with Gasteiger partial charge in [0.25, 0.3) is 0 Å². The molecule has 0 amide bonds. The number of hydrogen-bond acceptors (Lipinski definition) is 4. The molecule has 6 heteroatoms. The zero-order chi connectivity index (χ0) is 21.5. The Bertz CT molecular complexity index is 1100. The maximum atomic E-state index is 11.3. The topological polar surface area (TPSA) is 78.5 Å². The van der Waals surface area contributed by atoms with Crippen LogP contribution in [0.1, 0.15) is 58.8 Å². The van der Waals surface area contributed by atoms with Gasteiger partial charge in [-0.25, -0.2) is 4.79 Å². The number of hydrogen-bond donors (Lipinski definition) is 2. The molecule has 2 atom stereocenters. The molecule has 0 bridgehead atoms. The van der Waals surface area contributed by atoms with Gasteiger partial charge in [-0.05, 0) is 80.3 Å². The Morgan fingerprint density at radius 1 is 1.23 bits per heavy atom. The molecule has 5 rings (SSSR count). The Labute approximate surface area is 182 Å². The largest absolute Gasteiger partial charge is 0.496 e. The zero-order valence-electron chi connectivity index (χ0n) is 18.1. The summed E-state index contributed by atoms with van der Waals surface area (Å²) < 4.78 is 5.76. The first-order valence-corrected chi connectivity index (χ1v) is 11.1. The maximum absolute atomic E-state index is 11.3. The average molecular weight is 420 g/mol. The van der Waals surface area contributed by atoms with Crippen molar-refractivity contribution < 1.29 is 14.6 Å². The number of rotatable bonds is 6. The number of carboxylic acid groups (broad SMARTS) is 1. The van der Waals surface area contributed by atoms with Gasteiger partial charge in [0.15, 0.2) is 0 Å². The summed E-state index contributed by atoms with van der Waals surface area (Å²) in [6.07, 6.45) is 6.96. The second-order valence-corrected chi connectivity index (χ2v) is 9.07. The van der Waals surface area contributed by atoms with E-state index < -0.39 is 5.97 Å².